The number of rotatable bonds is 5. The third-order valence-corrected chi connectivity index (χ3v) is 4.56. The average Bonchev–Trinajstić information content (AvgIpc) is 3.14. The van der Waals surface area contributed by atoms with Crippen molar-refractivity contribution in [3.05, 3.63) is 72.6 Å². The SMILES string of the molecule is COc1cccc(NC(=O)Nc2ccc(-c3c(C(N)=O)[nH]c4cccnc34)cc2)c1. The van der Waals surface area contributed by atoms with Crippen LogP contribution in [-0.4, -0.2) is 29.0 Å². The summed E-state index contributed by atoms with van der Waals surface area (Å²) in [6.07, 6.45) is 1.66. The van der Waals surface area contributed by atoms with Crippen LogP contribution in [0.3, 0.4) is 0 Å². The summed E-state index contributed by atoms with van der Waals surface area (Å²) in [5.41, 5.74) is 9.79. The second kappa shape index (κ2) is 7.96. The van der Waals surface area contributed by atoms with Crippen LogP contribution in [0.5, 0.6) is 5.75 Å². The smallest absolute Gasteiger partial charge is 0.323 e. The Morgan fingerprint density at radius 2 is 1.77 bits per heavy atom. The van der Waals surface area contributed by atoms with Crippen molar-refractivity contribution in [2.45, 2.75) is 0 Å². The van der Waals surface area contributed by atoms with Gasteiger partial charge >= 0.3 is 6.03 Å². The molecule has 0 unspecified atom stereocenters. The molecule has 0 fully saturated rings. The van der Waals surface area contributed by atoms with Crippen molar-refractivity contribution in [1.29, 1.82) is 0 Å². The standard InChI is InChI=1S/C22H19N5O3/c1-30-16-5-2-4-15(12-16)26-22(29)25-14-9-7-13(8-10-14)18-19-17(6-3-11-24-19)27-20(18)21(23)28/h2-12,27H,1H3,(H2,23,28)(H2,25,26,29). The quantitative estimate of drug-likeness (QED) is 0.404. The summed E-state index contributed by atoms with van der Waals surface area (Å²) in [7, 11) is 1.56. The number of amides is 3. The van der Waals surface area contributed by atoms with E-state index in [-0.39, 0.29) is 6.03 Å². The monoisotopic (exact) mass is 401 g/mol. The Hall–Kier alpha value is -4.33. The lowest BCUT2D eigenvalue weighted by atomic mass is 10.0. The van der Waals surface area contributed by atoms with Crippen LogP contribution in [0.25, 0.3) is 22.2 Å². The number of carbonyl (C=O) groups excluding carboxylic acids is 2. The number of H-pyrrole nitrogens is 1. The molecular formula is C22H19N5O3. The molecule has 0 bridgehead atoms. The lowest BCUT2D eigenvalue weighted by molar-refractivity contribution is 0.0997. The molecule has 0 saturated carbocycles. The number of ether oxygens (including phenoxy) is 1. The predicted molar refractivity (Wildman–Crippen MR) is 116 cm³/mol. The van der Waals surface area contributed by atoms with E-state index in [4.69, 9.17) is 10.5 Å². The lowest BCUT2D eigenvalue weighted by Crippen LogP contribution is -2.19. The summed E-state index contributed by atoms with van der Waals surface area (Å²) in [4.78, 5) is 31.5. The number of fused-ring (bicyclic) bond motifs is 1. The number of nitrogens with two attached hydrogens (primary N) is 1. The van der Waals surface area contributed by atoms with Crippen molar-refractivity contribution < 1.29 is 14.3 Å². The van der Waals surface area contributed by atoms with E-state index in [0.717, 1.165) is 11.1 Å². The van der Waals surface area contributed by atoms with Gasteiger partial charge in [-0.15, -0.1) is 0 Å². The Morgan fingerprint density at radius 3 is 2.50 bits per heavy atom. The molecule has 0 aliphatic carbocycles. The zero-order valence-corrected chi connectivity index (χ0v) is 16.1. The first-order chi connectivity index (χ1) is 14.5. The molecule has 0 saturated heterocycles. The molecule has 30 heavy (non-hydrogen) atoms. The summed E-state index contributed by atoms with van der Waals surface area (Å²) < 4.78 is 5.15. The van der Waals surface area contributed by atoms with E-state index in [1.54, 1.807) is 67.9 Å². The number of nitrogens with zero attached hydrogens (tertiary/aromatic N) is 1. The average molecular weight is 401 g/mol. The van der Waals surface area contributed by atoms with E-state index >= 15 is 0 Å². The van der Waals surface area contributed by atoms with E-state index in [9.17, 15) is 9.59 Å². The molecule has 0 aliphatic rings. The number of hydrogen-bond donors (Lipinski definition) is 4. The van der Waals surface area contributed by atoms with Crippen molar-refractivity contribution in [2.24, 2.45) is 5.73 Å². The molecule has 150 valence electrons. The normalized spacial score (nSPS) is 10.6. The second-order valence-electron chi connectivity index (χ2n) is 6.53. The predicted octanol–water partition coefficient (Wildman–Crippen LogP) is 3.98. The number of aromatic amines is 1. The largest absolute Gasteiger partial charge is 0.497 e. The van der Waals surface area contributed by atoms with Gasteiger partial charge in [-0.2, -0.15) is 0 Å². The zero-order chi connectivity index (χ0) is 21.1. The first kappa shape index (κ1) is 19.0. The van der Waals surface area contributed by atoms with E-state index in [1.165, 1.54) is 0 Å². The highest BCUT2D eigenvalue weighted by Crippen LogP contribution is 2.31. The van der Waals surface area contributed by atoms with Crippen molar-refractivity contribution >= 4 is 34.3 Å². The van der Waals surface area contributed by atoms with Crippen molar-refractivity contribution in [3.63, 3.8) is 0 Å². The highest BCUT2D eigenvalue weighted by molar-refractivity contribution is 6.08. The maximum absolute atomic E-state index is 12.3. The van der Waals surface area contributed by atoms with Crippen LogP contribution >= 0.6 is 0 Å². The van der Waals surface area contributed by atoms with Crippen LogP contribution in [0.2, 0.25) is 0 Å². The van der Waals surface area contributed by atoms with Crippen LogP contribution in [-0.2, 0) is 0 Å². The van der Waals surface area contributed by atoms with Crippen molar-refractivity contribution in [3.8, 4) is 16.9 Å². The summed E-state index contributed by atoms with van der Waals surface area (Å²) in [6, 6.07) is 17.4. The Bertz CT molecular complexity index is 1230. The van der Waals surface area contributed by atoms with Gasteiger partial charge in [-0.1, -0.05) is 18.2 Å². The maximum Gasteiger partial charge on any atom is 0.323 e. The van der Waals surface area contributed by atoms with Crippen LogP contribution in [0.1, 0.15) is 10.5 Å². The fourth-order valence-electron chi connectivity index (χ4n) is 3.20. The van der Waals surface area contributed by atoms with E-state index in [0.29, 0.717) is 33.9 Å². The number of primary amides is 1. The number of hydrogen-bond acceptors (Lipinski definition) is 4. The highest BCUT2D eigenvalue weighted by atomic mass is 16.5. The molecule has 4 aromatic rings. The summed E-state index contributed by atoms with van der Waals surface area (Å²) >= 11 is 0. The molecule has 8 heteroatoms. The van der Waals surface area contributed by atoms with Crippen LogP contribution in [0, 0.1) is 0 Å². The Kier molecular flexibility index (Phi) is 5.04. The Balaban J connectivity index is 1.55. The molecule has 0 spiro atoms. The number of benzene rings is 2. The molecule has 4 rings (SSSR count). The third-order valence-electron chi connectivity index (χ3n) is 4.56. The van der Waals surface area contributed by atoms with Gasteiger partial charge in [-0.25, -0.2) is 4.79 Å². The molecule has 2 heterocycles. The first-order valence-electron chi connectivity index (χ1n) is 9.14. The molecule has 2 aromatic heterocycles. The summed E-state index contributed by atoms with van der Waals surface area (Å²) in [5, 5.41) is 5.52. The van der Waals surface area contributed by atoms with Gasteiger partial charge in [0.1, 0.15) is 11.4 Å². The fourth-order valence-corrected chi connectivity index (χ4v) is 3.20. The number of nitrogens with one attached hydrogen (secondary N) is 3. The molecule has 0 radical (unpaired) electrons. The topological polar surface area (TPSA) is 122 Å². The molecule has 3 amide bonds. The lowest BCUT2D eigenvalue weighted by Gasteiger charge is -2.09. The number of methoxy groups -OCH3 is 1. The summed E-state index contributed by atoms with van der Waals surface area (Å²) in [6.45, 7) is 0. The second-order valence-corrected chi connectivity index (χ2v) is 6.53. The van der Waals surface area contributed by atoms with Gasteiger partial charge in [-0.05, 0) is 42.0 Å². The van der Waals surface area contributed by atoms with E-state index in [1.807, 2.05) is 6.07 Å². The Morgan fingerprint density at radius 1 is 1.00 bits per heavy atom. The number of anilines is 2. The zero-order valence-electron chi connectivity index (χ0n) is 16.1. The van der Waals surface area contributed by atoms with Crippen molar-refractivity contribution in [2.75, 3.05) is 17.7 Å². The van der Waals surface area contributed by atoms with Crippen molar-refractivity contribution in [1.82, 2.24) is 9.97 Å². The minimum absolute atomic E-state index is 0.292. The van der Waals surface area contributed by atoms with E-state index in [2.05, 4.69) is 20.6 Å². The van der Waals surface area contributed by atoms with Crippen LogP contribution in [0.4, 0.5) is 16.2 Å². The van der Waals surface area contributed by atoms with Gasteiger partial charge in [0.25, 0.3) is 5.91 Å². The molecule has 2 aromatic carbocycles. The minimum Gasteiger partial charge on any atom is -0.497 e. The Labute approximate surface area is 172 Å². The highest BCUT2D eigenvalue weighted by Gasteiger charge is 2.18. The van der Waals surface area contributed by atoms with Gasteiger partial charge in [0, 0.05) is 29.2 Å². The van der Waals surface area contributed by atoms with Gasteiger partial charge in [-0.3, -0.25) is 9.78 Å². The van der Waals surface area contributed by atoms with Gasteiger partial charge in [0.2, 0.25) is 0 Å². The van der Waals surface area contributed by atoms with Crippen LogP contribution < -0.4 is 21.1 Å². The molecule has 5 N–H and O–H groups in total. The number of carbonyl (C=O) groups is 2. The van der Waals surface area contributed by atoms with Gasteiger partial charge in [0.15, 0.2) is 0 Å². The van der Waals surface area contributed by atoms with E-state index < -0.39 is 5.91 Å². The third kappa shape index (κ3) is 3.79. The van der Waals surface area contributed by atoms with Gasteiger partial charge < -0.3 is 26.1 Å². The van der Waals surface area contributed by atoms with Gasteiger partial charge in [0.05, 0.1) is 18.1 Å². The molecule has 0 aliphatic heterocycles. The molecule has 0 atom stereocenters. The van der Waals surface area contributed by atoms with Crippen LogP contribution in [0.15, 0.2) is 66.9 Å². The molecular weight excluding hydrogens is 382 g/mol. The molecule has 8 nitrogen and oxygen atoms in total. The number of aromatic nitrogens is 2. The number of urea groups is 1. The minimum atomic E-state index is -0.567. The fraction of sp³-hybridized carbons (Fsp3) is 0.0455. The number of pyridine rings is 1. The summed E-state index contributed by atoms with van der Waals surface area (Å²) in [5.74, 6) is 0.0811. The first-order valence-corrected chi connectivity index (χ1v) is 9.14. The maximum atomic E-state index is 12.3.